The van der Waals surface area contributed by atoms with Crippen LogP contribution in [0.1, 0.15) is 35.0 Å². The maximum Gasteiger partial charge on any atom is 0.312 e. The van der Waals surface area contributed by atoms with Crippen LogP contribution in [0.5, 0.6) is 11.5 Å². The molecule has 0 aliphatic rings. The minimum absolute atomic E-state index is 0.0421. The first-order valence-corrected chi connectivity index (χ1v) is 9.38. The lowest BCUT2D eigenvalue weighted by molar-refractivity contribution is -0.145. The Labute approximate surface area is 174 Å². The van der Waals surface area contributed by atoms with Crippen molar-refractivity contribution in [3.8, 4) is 11.5 Å². The molecule has 0 fully saturated rings. The first-order valence-electron chi connectivity index (χ1n) is 9.38. The largest absolute Gasteiger partial charge is 0.461 e. The van der Waals surface area contributed by atoms with E-state index in [0.717, 1.165) is 5.56 Å². The minimum atomic E-state index is -0.743. The highest BCUT2D eigenvalue weighted by Gasteiger charge is 2.20. The normalized spacial score (nSPS) is 11.5. The van der Waals surface area contributed by atoms with Crippen LogP contribution in [0.4, 0.5) is 4.79 Å². The van der Waals surface area contributed by atoms with Gasteiger partial charge in [0.25, 0.3) is 0 Å². The van der Waals surface area contributed by atoms with Gasteiger partial charge >= 0.3 is 12.0 Å². The molecule has 2 aromatic carbocycles. The van der Waals surface area contributed by atoms with Crippen LogP contribution in [0.25, 0.3) is 0 Å². The summed E-state index contributed by atoms with van der Waals surface area (Å²) < 4.78 is 16.2. The maximum absolute atomic E-state index is 12.4. The lowest BCUT2D eigenvalue weighted by Crippen LogP contribution is -2.34. The van der Waals surface area contributed by atoms with Crippen LogP contribution >= 0.6 is 0 Å². The van der Waals surface area contributed by atoms with E-state index in [1.807, 2.05) is 30.3 Å². The third kappa shape index (κ3) is 5.60. The lowest BCUT2D eigenvalue weighted by Gasteiger charge is -2.18. The van der Waals surface area contributed by atoms with Crippen molar-refractivity contribution in [1.82, 2.24) is 10.5 Å². The molecule has 30 heavy (non-hydrogen) atoms. The molecule has 8 heteroatoms. The van der Waals surface area contributed by atoms with Gasteiger partial charge in [-0.05, 0) is 43.7 Å². The number of nitrogens with two attached hydrogens (primary N) is 1. The summed E-state index contributed by atoms with van der Waals surface area (Å²) in [5.41, 5.74) is 7.36. The van der Waals surface area contributed by atoms with Gasteiger partial charge in [0.2, 0.25) is 0 Å². The number of amides is 2. The molecule has 0 saturated heterocycles. The molecule has 3 aromatic rings. The summed E-state index contributed by atoms with van der Waals surface area (Å²) in [6.07, 6.45) is -0.0961. The summed E-state index contributed by atoms with van der Waals surface area (Å²) in [6, 6.07) is 15.0. The number of hydrogen-bond acceptors (Lipinski definition) is 6. The Hall–Kier alpha value is -3.81. The number of primary amides is 1. The molecule has 1 atom stereocenters. The number of esters is 1. The van der Waals surface area contributed by atoms with Crippen molar-refractivity contribution >= 4 is 12.0 Å². The summed E-state index contributed by atoms with van der Waals surface area (Å²) >= 11 is 0. The van der Waals surface area contributed by atoms with Crippen LogP contribution in [0.3, 0.4) is 0 Å². The molecule has 0 radical (unpaired) electrons. The highest BCUT2D eigenvalue weighted by Crippen LogP contribution is 2.26. The predicted octanol–water partition coefficient (Wildman–Crippen LogP) is 3.93. The number of carbonyl (C=O) groups is 2. The highest BCUT2D eigenvalue weighted by molar-refractivity contribution is 5.75. The van der Waals surface area contributed by atoms with Crippen molar-refractivity contribution < 1.29 is 23.6 Å². The summed E-state index contributed by atoms with van der Waals surface area (Å²) in [6.45, 7) is 3.56. The number of nitrogens with zero attached hydrogens (tertiary/aromatic N) is 1. The molecule has 3 rings (SSSR count). The first-order chi connectivity index (χ1) is 14.4. The van der Waals surface area contributed by atoms with Crippen molar-refractivity contribution in [2.45, 2.75) is 32.9 Å². The molecule has 8 nitrogen and oxygen atoms in total. The predicted molar refractivity (Wildman–Crippen MR) is 109 cm³/mol. The van der Waals surface area contributed by atoms with Gasteiger partial charge < -0.3 is 25.0 Å². The van der Waals surface area contributed by atoms with Crippen LogP contribution in [0.2, 0.25) is 0 Å². The average molecular weight is 409 g/mol. The van der Waals surface area contributed by atoms with Gasteiger partial charge in [0.15, 0.2) is 0 Å². The van der Waals surface area contributed by atoms with Gasteiger partial charge in [0, 0.05) is 0 Å². The van der Waals surface area contributed by atoms with Crippen LogP contribution in [0.15, 0.2) is 59.1 Å². The molecular weight excluding hydrogens is 386 g/mol. The van der Waals surface area contributed by atoms with Crippen LogP contribution < -0.4 is 15.8 Å². The molecule has 3 N–H and O–H groups in total. The Kier molecular flexibility index (Phi) is 6.69. The number of nitrogens with one attached hydrogen (secondary N) is 1. The van der Waals surface area contributed by atoms with Gasteiger partial charge in [-0.25, -0.2) is 4.79 Å². The van der Waals surface area contributed by atoms with Crippen molar-refractivity contribution in [1.29, 1.82) is 0 Å². The standard InChI is InChI=1S/C22H23N3O5/c1-14-19(15(2)30-25-14)13-28-21(26)12-20(24-22(23)27)16-7-6-10-18(11-16)29-17-8-4-3-5-9-17/h3-11,20H,12-13H2,1-2H3,(H3,23,24,27). The molecule has 1 heterocycles. The van der Waals surface area contributed by atoms with Gasteiger partial charge in [-0.15, -0.1) is 0 Å². The van der Waals surface area contributed by atoms with Gasteiger partial charge in [0.1, 0.15) is 23.9 Å². The van der Waals surface area contributed by atoms with E-state index in [9.17, 15) is 9.59 Å². The summed E-state index contributed by atoms with van der Waals surface area (Å²) in [4.78, 5) is 23.9. The number of aromatic nitrogens is 1. The van der Waals surface area contributed by atoms with E-state index in [2.05, 4.69) is 10.5 Å². The molecule has 1 aromatic heterocycles. The van der Waals surface area contributed by atoms with E-state index < -0.39 is 18.0 Å². The Morgan fingerprint density at radius 3 is 2.50 bits per heavy atom. The van der Waals surface area contributed by atoms with Gasteiger partial charge in [-0.2, -0.15) is 0 Å². The molecule has 2 amide bonds. The quantitative estimate of drug-likeness (QED) is 0.545. The van der Waals surface area contributed by atoms with E-state index in [-0.39, 0.29) is 13.0 Å². The Morgan fingerprint density at radius 2 is 1.83 bits per heavy atom. The monoisotopic (exact) mass is 409 g/mol. The fourth-order valence-corrected chi connectivity index (χ4v) is 2.93. The highest BCUT2D eigenvalue weighted by atomic mass is 16.5. The number of hydrogen-bond donors (Lipinski definition) is 2. The molecule has 156 valence electrons. The Balaban J connectivity index is 1.70. The average Bonchev–Trinajstić information content (AvgIpc) is 3.04. The van der Waals surface area contributed by atoms with Gasteiger partial charge in [-0.1, -0.05) is 35.5 Å². The van der Waals surface area contributed by atoms with E-state index in [1.54, 1.807) is 38.1 Å². The third-order valence-electron chi connectivity index (χ3n) is 4.49. The Morgan fingerprint density at radius 1 is 1.10 bits per heavy atom. The number of carbonyl (C=O) groups excluding carboxylic acids is 2. The van der Waals surface area contributed by atoms with Crippen molar-refractivity contribution in [2.24, 2.45) is 5.73 Å². The summed E-state index contributed by atoms with van der Waals surface area (Å²) in [5, 5.41) is 6.42. The molecule has 0 saturated carbocycles. The minimum Gasteiger partial charge on any atom is -0.461 e. The lowest BCUT2D eigenvalue weighted by atomic mass is 10.0. The number of urea groups is 1. The second-order valence-electron chi connectivity index (χ2n) is 6.72. The molecular formula is C22H23N3O5. The summed E-state index contributed by atoms with van der Waals surface area (Å²) in [7, 11) is 0. The van der Waals surface area contributed by atoms with Crippen LogP contribution in [0, 0.1) is 13.8 Å². The van der Waals surface area contributed by atoms with Crippen LogP contribution in [-0.2, 0) is 16.1 Å². The van der Waals surface area contributed by atoms with E-state index in [1.165, 1.54) is 0 Å². The topological polar surface area (TPSA) is 117 Å². The second-order valence-corrected chi connectivity index (χ2v) is 6.72. The smallest absolute Gasteiger partial charge is 0.312 e. The third-order valence-corrected chi connectivity index (χ3v) is 4.49. The van der Waals surface area contributed by atoms with E-state index in [4.69, 9.17) is 19.7 Å². The van der Waals surface area contributed by atoms with Gasteiger partial charge in [-0.3, -0.25) is 4.79 Å². The molecule has 1 unspecified atom stereocenters. The SMILES string of the molecule is Cc1noc(C)c1COC(=O)CC(NC(N)=O)c1cccc(Oc2ccccc2)c1. The van der Waals surface area contributed by atoms with Crippen molar-refractivity contribution in [2.75, 3.05) is 0 Å². The number of rotatable bonds is 8. The fourth-order valence-electron chi connectivity index (χ4n) is 2.93. The zero-order valence-corrected chi connectivity index (χ0v) is 16.8. The van der Waals surface area contributed by atoms with E-state index in [0.29, 0.717) is 28.5 Å². The fraction of sp³-hybridized carbons (Fsp3) is 0.227. The van der Waals surface area contributed by atoms with Gasteiger partial charge in [0.05, 0.1) is 23.7 Å². The zero-order chi connectivity index (χ0) is 21.5. The number of para-hydroxylation sites is 1. The number of aryl methyl sites for hydroxylation is 2. The summed E-state index contributed by atoms with van der Waals surface area (Å²) in [5.74, 6) is 1.34. The number of ether oxygens (including phenoxy) is 2. The Bertz CT molecular complexity index is 997. The van der Waals surface area contributed by atoms with Crippen molar-refractivity contribution in [3.63, 3.8) is 0 Å². The number of benzene rings is 2. The molecule has 0 aliphatic carbocycles. The molecule has 0 spiro atoms. The molecule has 0 aliphatic heterocycles. The van der Waals surface area contributed by atoms with Crippen LogP contribution in [-0.4, -0.2) is 17.2 Å². The van der Waals surface area contributed by atoms with E-state index >= 15 is 0 Å². The van der Waals surface area contributed by atoms with Crippen molar-refractivity contribution in [3.05, 3.63) is 77.2 Å². The maximum atomic E-state index is 12.4. The first kappa shape index (κ1) is 20.9. The molecule has 0 bridgehead atoms. The second kappa shape index (κ2) is 9.60. The zero-order valence-electron chi connectivity index (χ0n) is 16.8.